The van der Waals surface area contributed by atoms with Crippen molar-refractivity contribution < 1.29 is 4.79 Å². The van der Waals surface area contributed by atoms with Crippen LogP contribution < -0.4 is 0 Å². The second-order valence-electron chi connectivity index (χ2n) is 8.53. The highest BCUT2D eigenvalue weighted by molar-refractivity contribution is 7.20. The fraction of sp³-hybridized carbons (Fsp3) is 0.192. The van der Waals surface area contributed by atoms with E-state index < -0.39 is 0 Å². The van der Waals surface area contributed by atoms with Gasteiger partial charge in [0, 0.05) is 46.8 Å². The van der Waals surface area contributed by atoms with Gasteiger partial charge in [0.25, 0.3) is 5.91 Å². The zero-order valence-corrected chi connectivity index (χ0v) is 20.2. The average Bonchev–Trinajstić information content (AvgIpc) is 3.56. The number of aromatic amines is 1. The molecule has 0 saturated heterocycles. The number of pyridine rings is 1. The maximum absolute atomic E-state index is 13.3. The van der Waals surface area contributed by atoms with Crippen molar-refractivity contribution in [1.29, 1.82) is 0 Å². The maximum Gasteiger partial charge on any atom is 0.264 e. The molecular formula is C26H22ClN5OS. The van der Waals surface area contributed by atoms with E-state index in [9.17, 15) is 4.79 Å². The van der Waals surface area contributed by atoms with Gasteiger partial charge in [0.2, 0.25) is 0 Å². The molecule has 1 amide bonds. The van der Waals surface area contributed by atoms with Crippen LogP contribution in [0, 0.1) is 6.92 Å². The van der Waals surface area contributed by atoms with E-state index in [4.69, 9.17) is 16.7 Å². The summed E-state index contributed by atoms with van der Waals surface area (Å²) in [7, 11) is 0. The van der Waals surface area contributed by atoms with Gasteiger partial charge in [-0.3, -0.25) is 9.48 Å². The monoisotopic (exact) mass is 487 g/mol. The Morgan fingerprint density at radius 1 is 1.21 bits per heavy atom. The molecule has 4 aromatic heterocycles. The molecule has 0 bridgehead atoms. The molecule has 34 heavy (non-hydrogen) atoms. The highest BCUT2D eigenvalue weighted by Gasteiger charge is 2.24. The van der Waals surface area contributed by atoms with Gasteiger partial charge in [-0.2, -0.15) is 5.10 Å². The fourth-order valence-electron chi connectivity index (χ4n) is 4.56. The lowest BCUT2D eigenvalue weighted by Crippen LogP contribution is -2.34. The SMILES string of the molecule is Cc1nn(Cc2ccc(Cl)cc2)c2sc(C(=O)N3CC=C(c4c[nH]c5ncccc45)CC3)cc12. The number of fused-ring (bicyclic) bond motifs is 2. The van der Waals surface area contributed by atoms with Crippen LogP contribution in [0.25, 0.3) is 26.8 Å². The molecule has 6 nitrogen and oxygen atoms in total. The number of hydrogen-bond donors (Lipinski definition) is 1. The first-order chi connectivity index (χ1) is 16.6. The van der Waals surface area contributed by atoms with Crippen LogP contribution >= 0.6 is 22.9 Å². The summed E-state index contributed by atoms with van der Waals surface area (Å²) in [5, 5.41) is 7.58. The first-order valence-corrected chi connectivity index (χ1v) is 12.4. The van der Waals surface area contributed by atoms with Crippen molar-refractivity contribution in [2.24, 2.45) is 0 Å². The van der Waals surface area contributed by atoms with E-state index in [2.05, 4.69) is 22.1 Å². The van der Waals surface area contributed by atoms with Gasteiger partial charge < -0.3 is 9.88 Å². The molecule has 0 atom stereocenters. The number of nitrogens with zero attached hydrogens (tertiary/aromatic N) is 4. The van der Waals surface area contributed by atoms with E-state index in [0.29, 0.717) is 19.6 Å². The summed E-state index contributed by atoms with van der Waals surface area (Å²) in [6.45, 7) is 3.94. The molecule has 0 aliphatic carbocycles. The molecule has 8 heteroatoms. The third-order valence-electron chi connectivity index (χ3n) is 6.36. The smallest absolute Gasteiger partial charge is 0.264 e. The predicted molar refractivity (Wildman–Crippen MR) is 137 cm³/mol. The number of carbonyl (C=O) groups excluding carboxylic acids is 1. The lowest BCUT2D eigenvalue weighted by atomic mass is 9.99. The minimum atomic E-state index is 0.0783. The van der Waals surface area contributed by atoms with Gasteiger partial charge in [-0.25, -0.2) is 4.98 Å². The van der Waals surface area contributed by atoms with Gasteiger partial charge >= 0.3 is 0 Å². The van der Waals surface area contributed by atoms with Crippen molar-refractivity contribution in [3.8, 4) is 0 Å². The van der Waals surface area contributed by atoms with Gasteiger partial charge in [0.1, 0.15) is 10.5 Å². The van der Waals surface area contributed by atoms with Crippen LogP contribution in [0.3, 0.4) is 0 Å². The molecule has 0 spiro atoms. The summed E-state index contributed by atoms with van der Waals surface area (Å²) in [6, 6.07) is 13.8. The number of benzene rings is 1. The summed E-state index contributed by atoms with van der Waals surface area (Å²) < 4.78 is 1.98. The van der Waals surface area contributed by atoms with Gasteiger partial charge in [0.15, 0.2) is 0 Å². The molecule has 1 aliphatic heterocycles. The van der Waals surface area contributed by atoms with Crippen LogP contribution in [-0.4, -0.2) is 43.6 Å². The molecule has 1 aliphatic rings. The summed E-state index contributed by atoms with van der Waals surface area (Å²) in [4.78, 5) is 24.7. The van der Waals surface area contributed by atoms with Crippen LogP contribution in [0.2, 0.25) is 5.02 Å². The number of aromatic nitrogens is 4. The van der Waals surface area contributed by atoms with Crippen molar-refractivity contribution in [3.05, 3.63) is 87.7 Å². The Bertz CT molecular complexity index is 1560. The van der Waals surface area contributed by atoms with E-state index >= 15 is 0 Å². The number of carbonyl (C=O) groups is 1. The maximum atomic E-state index is 13.3. The first kappa shape index (κ1) is 21.1. The number of amides is 1. The lowest BCUT2D eigenvalue weighted by Gasteiger charge is -2.26. The molecule has 1 aromatic carbocycles. The lowest BCUT2D eigenvalue weighted by molar-refractivity contribution is 0.0778. The third-order valence-corrected chi connectivity index (χ3v) is 7.75. The molecule has 1 N–H and O–H groups in total. The molecule has 0 fully saturated rings. The zero-order chi connectivity index (χ0) is 23.2. The number of nitrogens with one attached hydrogen (secondary N) is 1. The number of halogens is 1. The molecule has 5 aromatic rings. The Morgan fingerprint density at radius 3 is 2.85 bits per heavy atom. The van der Waals surface area contributed by atoms with Crippen molar-refractivity contribution in [1.82, 2.24) is 24.6 Å². The van der Waals surface area contributed by atoms with Crippen LogP contribution in [0.1, 0.15) is 32.9 Å². The first-order valence-electron chi connectivity index (χ1n) is 11.2. The van der Waals surface area contributed by atoms with E-state index in [1.165, 1.54) is 22.5 Å². The highest BCUT2D eigenvalue weighted by Crippen LogP contribution is 2.32. The summed E-state index contributed by atoms with van der Waals surface area (Å²) in [5.74, 6) is 0.0783. The van der Waals surface area contributed by atoms with Crippen molar-refractivity contribution in [2.75, 3.05) is 13.1 Å². The standard InChI is InChI=1S/C26H22ClN5OS/c1-16-21-13-23(34-26(21)32(30-16)15-17-4-6-19(27)7-5-17)25(33)31-11-8-18(9-12-31)22-14-29-24-20(22)3-2-10-28-24/h2-8,10,13-14H,9,11-12,15H2,1H3,(H,28,29). The van der Waals surface area contributed by atoms with Crippen molar-refractivity contribution in [3.63, 3.8) is 0 Å². The minimum absolute atomic E-state index is 0.0783. The Labute approximate surface area is 205 Å². The summed E-state index contributed by atoms with van der Waals surface area (Å²) in [6.07, 6.45) is 6.79. The number of rotatable bonds is 4. The number of thiophene rings is 1. The number of aryl methyl sites for hydroxylation is 1. The van der Waals surface area contributed by atoms with E-state index in [1.54, 1.807) is 6.20 Å². The summed E-state index contributed by atoms with van der Waals surface area (Å²) in [5.41, 5.74) is 5.39. The Hall–Kier alpha value is -3.42. The number of hydrogen-bond acceptors (Lipinski definition) is 4. The molecule has 0 radical (unpaired) electrons. The Balaban J connectivity index is 1.23. The fourth-order valence-corrected chi connectivity index (χ4v) is 5.82. The average molecular weight is 488 g/mol. The Kier molecular flexibility index (Phi) is 5.23. The van der Waals surface area contributed by atoms with Crippen LogP contribution in [0.15, 0.2) is 60.9 Å². The largest absolute Gasteiger partial charge is 0.346 e. The van der Waals surface area contributed by atoms with Gasteiger partial charge in [-0.1, -0.05) is 29.8 Å². The van der Waals surface area contributed by atoms with Gasteiger partial charge in [-0.05, 0) is 54.8 Å². The van der Waals surface area contributed by atoms with Crippen molar-refractivity contribution in [2.45, 2.75) is 19.9 Å². The Morgan fingerprint density at radius 2 is 2.06 bits per heavy atom. The van der Waals surface area contributed by atoms with E-state index in [-0.39, 0.29) is 5.91 Å². The van der Waals surface area contributed by atoms with Crippen molar-refractivity contribution >= 4 is 55.7 Å². The number of H-pyrrole nitrogens is 1. The molecule has 0 saturated carbocycles. The molecular weight excluding hydrogens is 466 g/mol. The second kappa shape index (κ2) is 8.42. The third kappa shape index (κ3) is 3.71. The van der Waals surface area contributed by atoms with Crippen LogP contribution in [0.5, 0.6) is 0 Å². The van der Waals surface area contributed by atoms with Crippen LogP contribution in [0.4, 0.5) is 0 Å². The van der Waals surface area contributed by atoms with Gasteiger partial charge in [0.05, 0.1) is 17.1 Å². The van der Waals surface area contributed by atoms with E-state index in [0.717, 1.165) is 48.8 Å². The summed E-state index contributed by atoms with van der Waals surface area (Å²) >= 11 is 7.54. The van der Waals surface area contributed by atoms with Crippen LogP contribution in [-0.2, 0) is 6.54 Å². The zero-order valence-electron chi connectivity index (χ0n) is 18.6. The molecule has 5 heterocycles. The van der Waals surface area contributed by atoms with E-state index in [1.807, 2.05) is 59.1 Å². The molecule has 0 unspecified atom stereocenters. The van der Waals surface area contributed by atoms with Gasteiger partial charge in [-0.15, -0.1) is 11.3 Å². The normalized spacial score (nSPS) is 14.2. The topological polar surface area (TPSA) is 66.8 Å². The molecule has 170 valence electrons. The second-order valence-corrected chi connectivity index (χ2v) is 10.00. The quantitative estimate of drug-likeness (QED) is 0.342. The predicted octanol–water partition coefficient (Wildman–Crippen LogP) is 5.91. The highest BCUT2D eigenvalue weighted by atomic mass is 35.5. The minimum Gasteiger partial charge on any atom is -0.346 e. The molecule has 6 rings (SSSR count).